The largest absolute Gasteiger partial charge is 0.326 e. The van der Waals surface area contributed by atoms with Gasteiger partial charge in [0.15, 0.2) is 4.96 Å². The number of nitrogens with one attached hydrogen (secondary N) is 1. The lowest BCUT2D eigenvalue weighted by molar-refractivity contribution is -0.115. The van der Waals surface area contributed by atoms with E-state index in [1.165, 1.54) is 23.5 Å². The van der Waals surface area contributed by atoms with Crippen LogP contribution in [0, 0.1) is 5.82 Å². The van der Waals surface area contributed by atoms with Crippen molar-refractivity contribution in [3.63, 3.8) is 0 Å². The number of nitrogens with zero attached hydrogens (tertiary/aromatic N) is 2. The summed E-state index contributed by atoms with van der Waals surface area (Å²) in [4.78, 5) is 17.7. The molecule has 0 aliphatic carbocycles. The average Bonchev–Trinajstić information content (AvgIpc) is 3.18. The summed E-state index contributed by atoms with van der Waals surface area (Å²) in [5.41, 5.74) is 3.07. The number of amides is 1. The number of carbonyl (C=O) groups excluding carboxylic acids is 1. The third-order valence-corrected chi connectivity index (χ3v) is 5.00. The van der Waals surface area contributed by atoms with Gasteiger partial charge < -0.3 is 5.32 Å². The van der Waals surface area contributed by atoms with Gasteiger partial charge in [0.25, 0.3) is 0 Å². The van der Waals surface area contributed by atoms with Crippen LogP contribution in [0.3, 0.4) is 0 Å². The molecule has 0 saturated heterocycles. The third kappa shape index (κ3) is 3.47. The van der Waals surface area contributed by atoms with E-state index in [1.54, 1.807) is 36.4 Å². The highest BCUT2D eigenvalue weighted by Gasteiger charge is 2.13. The molecule has 0 spiro atoms. The Morgan fingerprint density at radius 1 is 1.23 bits per heavy atom. The number of carbonyl (C=O) groups is 1. The molecular weight excluding hydrogens is 373 g/mol. The number of hydrogen-bond acceptors (Lipinski definition) is 3. The first-order valence-electron chi connectivity index (χ1n) is 7.85. The Hall–Kier alpha value is -2.70. The molecule has 0 aliphatic rings. The number of anilines is 1. The van der Waals surface area contributed by atoms with E-state index in [0.29, 0.717) is 10.7 Å². The maximum absolute atomic E-state index is 13.1. The van der Waals surface area contributed by atoms with Crippen LogP contribution < -0.4 is 5.32 Å². The van der Waals surface area contributed by atoms with Gasteiger partial charge in [-0.25, -0.2) is 9.37 Å². The van der Waals surface area contributed by atoms with Crippen molar-refractivity contribution in [2.75, 3.05) is 5.32 Å². The molecule has 2 aromatic heterocycles. The van der Waals surface area contributed by atoms with Crippen LogP contribution in [0.1, 0.15) is 5.69 Å². The zero-order chi connectivity index (χ0) is 18.1. The zero-order valence-electron chi connectivity index (χ0n) is 13.4. The summed E-state index contributed by atoms with van der Waals surface area (Å²) < 4.78 is 15.0. The average molecular weight is 386 g/mol. The predicted molar refractivity (Wildman–Crippen MR) is 102 cm³/mol. The van der Waals surface area contributed by atoms with E-state index < -0.39 is 0 Å². The van der Waals surface area contributed by atoms with Crippen LogP contribution in [0.4, 0.5) is 10.1 Å². The summed E-state index contributed by atoms with van der Waals surface area (Å²) in [5, 5.41) is 5.32. The van der Waals surface area contributed by atoms with Crippen LogP contribution in [0.5, 0.6) is 0 Å². The SMILES string of the molecule is O=C(Cc1csc2nc(-c3ccc(F)cc3)cn12)Nc1cccc(Cl)c1. The lowest BCUT2D eigenvalue weighted by atomic mass is 10.2. The minimum absolute atomic E-state index is 0.135. The maximum atomic E-state index is 13.1. The fraction of sp³-hybridized carbons (Fsp3) is 0.0526. The lowest BCUT2D eigenvalue weighted by Crippen LogP contribution is -2.15. The summed E-state index contributed by atoms with van der Waals surface area (Å²) in [6, 6.07) is 13.2. The smallest absolute Gasteiger partial charge is 0.230 e. The molecule has 4 aromatic rings. The zero-order valence-corrected chi connectivity index (χ0v) is 15.0. The van der Waals surface area contributed by atoms with Crippen molar-refractivity contribution in [1.82, 2.24) is 9.38 Å². The quantitative estimate of drug-likeness (QED) is 0.535. The molecule has 0 fully saturated rings. The summed E-state index contributed by atoms with van der Waals surface area (Å²) in [5.74, 6) is -0.419. The van der Waals surface area contributed by atoms with Gasteiger partial charge in [-0.3, -0.25) is 9.20 Å². The van der Waals surface area contributed by atoms with Gasteiger partial charge in [-0.1, -0.05) is 17.7 Å². The molecule has 0 unspecified atom stereocenters. The second kappa shape index (κ2) is 6.90. The molecule has 0 radical (unpaired) electrons. The number of aromatic nitrogens is 2. The Bertz CT molecular complexity index is 1090. The van der Waals surface area contributed by atoms with Gasteiger partial charge in [-0.05, 0) is 42.5 Å². The fourth-order valence-corrected chi connectivity index (χ4v) is 3.72. The Labute approximate surface area is 157 Å². The Balaban J connectivity index is 1.55. The number of halogens is 2. The number of rotatable bonds is 4. The van der Waals surface area contributed by atoms with Crippen LogP contribution >= 0.6 is 22.9 Å². The summed E-state index contributed by atoms with van der Waals surface area (Å²) in [6.07, 6.45) is 2.08. The molecule has 2 heterocycles. The molecule has 1 amide bonds. The highest BCUT2D eigenvalue weighted by Crippen LogP contribution is 2.24. The molecule has 0 bridgehead atoms. The molecule has 2 aromatic carbocycles. The van der Waals surface area contributed by atoms with Crippen LogP contribution in [0.15, 0.2) is 60.1 Å². The lowest BCUT2D eigenvalue weighted by Gasteiger charge is -2.05. The number of imidazole rings is 1. The Morgan fingerprint density at radius 3 is 2.81 bits per heavy atom. The number of benzene rings is 2. The van der Waals surface area contributed by atoms with Crippen molar-refractivity contribution in [1.29, 1.82) is 0 Å². The molecule has 1 N–H and O–H groups in total. The van der Waals surface area contributed by atoms with Gasteiger partial charge in [0.05, 0.1) is 12.1 Å². The van der Waals surface area contributed by atoms with E-state index in [-0.39, 0.29) is 18.1 Å². The van der Waals surface area contributed by atoms with Crippen molar-refractivity contribution in [2.24, 2.45) is 0 Å². The minimum atomic E-state index is -0.284. The molecule has 4 nitrogen and oxygen atoms in total. The number of fused-ring (bicyclic) bond motifs is 1. The van der Waals surface area contributed by atoms with Crippen molar-refractivity contribution >= 4 is 39.5 Å². The second-order valence-corrected chi connectivity index (χ2v) is 7.02. The summed E-state index contributed by atoms with van der Waals surface area (Å²) in [7, 11) is 0. The molecule has 4 rings (SSSR count). The predicted octanol–water partition coefficient (Wildman–Crippen LogP) is 5.04. The first-order valence-corrected chi connectivity index (χ1v) is 9.11. The topological polar surface area (TPSA) is 46.4 Å². The van der Waals surface area contributed by atoms with E-state index in [2.05, 4.69) is 10.3 Å². The first-order chi connectivity index (χ1) is 12.6. The van der Waals surface area contributed by atoms with Crippen molar-refractivity contribution in [2.45, 2.75) is 6.42 Å². The van der Waals surface area contributed by atoms with Gasteiger partial charge in [0.1, 0.15) is 5.82 Å². The molecule has 7 heteroatoms. The molecule has 0 atom stereocenters. The van der Waals surface area contributed by atoms with Gasteiger partial charge in [0, 0.05) is 33.5 Å². The standard InChI is InChI=1S/C19H13ClFN3OS/c20-13-2-1-3-15(8-13)22-18(25)9-16-11-26-19-23-17(10-24(16)19)12-4-6-14(21)7-5-12/h1-8,10-11H,9H2,(H,22,25). The molecule has 130 valence electrons. The molecule has 26 heavy (non-hydrogen) atoms. The number of hydrogen-bond donors (Lipinski definition) is 1. The van der Waals surface area contributed by atoms with Crippen molar-refractivity contribution in [3.05, 3.63) is 76.6 Å². The van der Waals surface area contributed by atoms with Gasteiger partial charge in [-0.15, -0.1) is 11.3 Å². The Morgan fingerprint density at radius 2 is 2.04 bits per heavy atom. The van der Waals surface area contributed by atoms with Crippen LogP contribution in [-0.2, 0) is 11.2 Å². The van der Waals surface area contributed by atoms with Crippen LogP contribution in [-0.4, -0.2) is 15.3 Å². The fourth-order valence-electron chi connectivity index (χ4n) is 2.65. The molecule has 0 saturated carbocycles. The van der Waals surface area contributed by atoms with Gasteiger partial charge in [-0.2, -0.15) is 0 Å². The third-order valence-electron chi connectivity index (χ3n) is 3.87. The van der Waals surface area contributed by atoms with Gasteiger partial charge in [0.2, 0.25) is 5.91 Å². The molecule has 0 aliphatic heterocycles. The highest BCUT2D eigenvalue weighted by molar-refractivity contribution is 7.15. The van der Waals surface area contributed by atoms with E-state index in [9.17, 15) is 9.18 Å². The summed E-state index contributed by atoms with van der Waals surface area (Å²) >= 11 is 7.39. The van der Waals surface area contributed by atoms with Crippen LogP contribution in [0.25, 0.3) is 16.2 Å². The molecular formula is C19H13ClFN3OS. The monoisotopic (exact) mass is 385 g/mol. The summed E-state index contributed by atoms with van der Waals surface area (Å²) in [6.45, 7) is 0. The second-order valence-electron chi connectivity index (χ2n) is 5.75. The highest BCUT2D eigenvalue weighted by atomic mass is 35.5. The van der Waals surface area contributed by atoms with E-state index >= 15 is 0 Å². The van der Waals surface area contributed by atoms with Crippen molar-refractivity contribution in [3.8, 4) is 11.3 Å². The maximum Gasteiger partial charge on any atom is 0.230 e. The minimum Gasteiger partial charge on any atom is -0.326 e. The van der Waals surface area contributed by atoms with Crippen LogP contribution in [0.2, 0.25) is 5.02 Å². The first kappa shape index (κ1) is 16.8. The van der Waals surface area contributed by atoms with E-state index in [0.717, 1.165) is 21.9 Å². The normalized spacial score (nSPS) is 11.0. The van der Waals surface area contributed by atoms with E-state index in [1.807, 2.05) is 16.0 Å². The van der Waals surface area contributed by atoms with Gasteiger partial charge >= 0.3 is 0 Å². The van der Waals surface area contributed by atoms with E-state index in [4.69, 9.17) is 11.6 Å². The number of thiazole rings is 1. The Kier molecular flexibility index (Phi) is 4.44. The van der Waals surface area contributed by atoms with Crippen molar-refractivity contribution < 1.29 is 9.18 Å².